The molecule has 5 nitrogen and oxygen atoms in total. The van der Waals surface area contributed by atoms with E-state index in [1.165, 1.54) is 30.5 Å². The van der Waals surface area contributed by atoms with Crippen LogP contribution in [0.15, 0.2) is 48.7 Å². The van der Waals surface area contributed by atoms with Crippen LogP contribution in [0.1, 0.15) is 21.8 Å². The van der Waals surface area contributed by atoms with Gasteiger partial charge in [-0.1, -0.05) is 17.7 Å². The highest BCUT2D eigenvalue weighted by Gasteiger charge is 2.31. The Morgan fingerprint density at radius 1 is 1.09 bits per heavy atom. The number of aromatic hydroxyl groups is 1. The average molecular weight is 330 g/mol. The van der Waals surface area contributed by atoms with Gasteiger partial charge in [-0.15, -0.1) is 0 Å². The number of benzene rings is 2. The van der Waals surface area contributed by atoms with Crippen LogP contribution in [0.3, 0.4) is 0 Å². The minimum Gasteiger partial charge on any atom is -0.508 e. The summed E-state index contributed by atoms with van der Waals surface area (Å²) in [5.74, 6) is -3.11. The first kappa shape index (κ1) is 15.1. The van der Waals surface area contributed by atoms with Crippen molar-refractivity contribution in [2.24, 2.45) is 0 Å². The number of rotatable bonds is 4. The molecule has 0 spiro atoms. The molecule has 0 fully saturated rings. The van der Waals surface area contributed by atoms with Gasteiger partial charge in [-0.3, -0.25) is 9.59 Å². The van der Waals surface area contributed by atoms with E-state index in [0.717, 1.165) is 0 Å². The van der Waals surface area contributed by atoms with Crippen LogP contribution in [0, 0.1) is 0 Å². The number of carboxylic acids is 1. The fraction of sp³-hybridized carbons (Fsp3) is 0.0588. The minimum atomic E-state index is -1.34. The number of ketones is 1. The molecule has 0 bridgehead atoms. The molecular weight excluding hydrogens is 318 g/mol. The number of carboxylic acid groups (broad SMARTS) is 1. The number of phenolic OH excluding ortho intramolecular Hbond substituents is 1. The summed E-state index contributed by atoms with van der Waals surface area (Å²) >= 11 is 5.92. The number of H-pyrrole nitrogens is 1. The maximum absolute atomic E-state index is 12.6. The molecule has 1 unspecified atom stereocenters. The van der Waals surface area contributed by atoms with Gasteiger partial charge in [0, 0.05) is 27.7 Å². The van der Waals surface area contributed by atoms with Gasteiger partial charge >= 0.3 is 5.97 Å². The van der Waals surface area contributed by atoms with Crippen molar-refractivity contribution in [2.45, 2.75) is 5.92 Å². The van der Waals surface area contributed by atoms with E-state index in [0.29, 0.717) is 21.5 Å². The summed E-state index contributed by atoms with van der Waals surface area (Å²) in [6.45, 7) is 0. The molecule has 1 heterocycles. The van der Waals surface area contributed by atoms with E-state index >= 15 is 0 Å². The molecule has 2 aromatic carbocycles. The van der Waals surface area contributed by atoms with Gasteiger partial charge < -0.3 is 15.2 Å². The van der Waals surface area contributed by atoms with Gasteiger partial charge in [0.15, 0.2) is 5.78 Å². The lowest BCUT2D eigenvalue weighted by Crippen LogP contribution is -2.21. The molecule has 1 atom stereocenters. The molecule has 0 aliphatic carbocycles. The summed E-state index contributed by atoms with van der Waals surface area (Å²) in [5, 5.41) is 20.0. The van der Waals surface area contributed by atoms with E-state index in [1.807, 2.05) is 0 Å². The van der Waals surface area contributed by atoms with Gasteiger partial charge in [0.2, 0.25) is 0 Å². The maximum Gasteiger partial charge on any atom is 0.319 e. The monoisotopic (exact) mass is 329 g/mol. The van der Waals surface area contributed by atoms with Crippen LogP contribution in [-0.4, -0.2) is 26.9 Å². The molecule has 0 saturated heterocycles. The van der Waals surface area contributed by atoms with Gasteiger partial charge in [-0.05, 0) is 42.0 Å². The lowest BCUT2D eigenvalue weighted by Gasteiger charge is -2.11. The zero-order valence-electron chi connectivity index (χ0n) is 11.8. The molecule has 116 valence electrons. The first-order valence-corrected chi connectivity index (χ1v) is 7.18. The Bertz CT molecular complexity index is 899. The Hall–Kier alpha value is -2.79. The Kier molecular flexibility index (Phi) is 3.80. The molecule has 0 radical (unpaired) electrons. The van der Waals surface area contributed by atoms with Crippen molar-refractivity contribution in [1.82, 2.24) is 4.98 Å². The van der Waals surface area contributed by atoms with Crippen LogP contribution in [0.2, 0.25) is 5.02 Å². The lowest BCUT2D eigenvalue weighted by atomic mass is 9.90. The van der Waals surface area contributed by atoms with Crippen LogP contribution in [0.25, 0.3) is 10.9 Å². The molecule has 6 heteroatoms. The third kappa shape index (κ3) is 2.78. The standard InChI is InChI=1S/C17H12ClNO4/c18-10-3-6-12-13(8-19-14(12)7-10)15(17(22)23)16(21)9-1-4-11(20)5-2-9/h1-8,15,19-20H,(H,22,23). The zero-order chi connectivity index (χ0) is 16.6. The average Bonchev–Trinajstić information content (AvgIpc) is 2.90. The molecular formula is C17H12ClNO4. The van der Waals surface area contributed by atoms with E-state index in [1.54, 1.807) is 18.2 Å². The second-order valence-corrected chi connectivity index (χ2v) is 5.55. The molecule has 0 aliphatic heterocycles. The summed E-state index contributed by atoms with van der Waals surface area (Å²) in [6, 6.07) is 10.5. The molecule has 3 N–H and O–H groups in total. The van der Waals surface area contributed by atoms with Gasteiger partial charge in [0.1, 0.15) is 11.7 Å². The van der Waals surface area contributed by atoms with E-state index in [-0.39, 0.29) is 11.3 Å². The highest BCUT2D eigenvalue weighted by Crippen LogP contribution is 2.30. The topological polar surface area (TPSA) is 90.4 Å². The lowest BCUT2D eigenvalue weighted by molar-refractivity contribution is -0.137. The van der Waals surface area contributed by atoms with Crippen molar-refractivity contribution >= 4 is 34.3 Å². The van der Waals surface area contributed by atoms with E-state index in [2.05, 4.69) is 4.98 Å². The molecule has 3 aromatic rings. The smallest absolute Gasteiger partial charge is 0.319 e. The van der Waals surface area contributed by atoms with Crippen LogP contribution < -0.4 is 0 Å². The van der Waals surface area contributed by atoms with Crippen molar-refractivity contribution in [3.05, 3.63) is 64.8 Å². The summed E-state index contributed by atoms with van der Waals surface area (Å²) in [4.78, 5) is 27.2. The van der Waals surface area contributed by atoms with E-state index < -0.39 is 17.7 Å². The van der Waals surface area contributed by atoms with E-state index in [9.17, 15) is 19.8 Å². The number of nitrogens with one attached hydrogen (secondary N) is 1. The maximum atomic E-state index is 12.6. The highest BCUT2D eigenvalue weighted by atomic mass is 35.5. The number of aliphatic carboxylic acids is 1. The SMILES string of the molecule is O=C(O)C(C(=O)c1ccc(O)cc1)c1c[nH]c2cc(Cl)ccc12. The number of hydrogen-bond acceptors (Lipinski definition) is 3. The first-order chi connectivity index (χ1) is 11.0. The molecule has 0 amide bonds. The number of aromatic amines is 1. The van der Waals surface area contributed by atoms with Crippen molar-refractivity contribution in [1.29, 1.82) is 0 Å². The van der Waals surface area contributed by atoms with Crippen LogP contribution in [0.5, 0.6) is 5.75 Å². The second-order valence-electron chi connectivity index (χ2n) is 5.12. The predicted octanol–water partition coefficient (Wildman–Crippen LogP) is 3.58. The number of hydrogen-bond donors (Lipinski definition) is 3. The molecule has 23 heavy (non-hydrogen) atoms. The first-order valence-electron chi connectivity index (χ1n) is 6.80. The van der Waals surface area contributed by atoms with Crippen LogP contribution >= 0.6 is 11.6 Å². The number of fused-ring (bicyclic) bond motifs is 1. The normalized spacial score (nSPS) is 12.2. The third-order valence-electron chi connectivity index (χ3n) is 3.65. The zero-order valence-corrected chi connectivity index (χ0v) is 12.5. The number of phenols is 1. The highest BCUT2D eigenvalue weighted by molar-refractivity contribution is 6.31. The Labute approximate surface area is 136 Å². The Morgan fingerprint density at radius 2 is 1.78 bits per heavy atom. The van der Waals surface area contributed by atoms with Gasteiger partial charge in [-0.2, -0.15) is 0 Å². The van der Waals surface area contributed by atoms with Crippen molar-refractivity contribution in [2.75, 3.05) is 0 Å². The summed E-state index contributed by atoms with van der Waals surface area (Å²) in [7, 11) is 0. The summed E-state index contributed by atoms with van der Waals surface area (Å²) in [5.41, 5.74) is 1.26. The number of Topliss-reactive ketones (excluding diaryl/α,β-unsaturated/α-hetero) is 1. The van der Waals surface area contributed by atoms with Crippen molar-refractivity contribution in [3.8, 4) is 5.75 Å². The van der Waals surface area contributed by atoms with Crippen molar-refractivity contribution in [3.63, 3.8) is 0 Å². The van der Waals surface area contributed by atoms with Crippen LogP contribution in [0.4, 0.5) is 0 Å². The fourth-order valence-electron chi connectivity index (χ4n) is 2.54. The number of carbonyl (C=O) groups excluding carboxylic acids is 1. The van der Waals surface area contributed by atoms with Crippen molar-refractivity contribution < 1.29 is 19.8 Å². The Balaban J connectivity index is 2.09. The number of aromatic nitrogens is 1. The van der Waals surface area contributed by atoms with Crippen LogP contribution in [-0.2, 0) is 4.79 Å². The van der Waals surface area contributed by atoms with Gasteiger partial charge in [-0.25, -0.2) is 0 Å². The fourth-order valence-corrected chi connectivity index (χ4v) is 2.71. The largest absolute Gasteiger partial charge is 0.508 e. The summed E-state index contributed by atoms with van der Waals surface area (Å²) < 4.78 is 0. The number of halogens is 1. The number of carbonyl (C=O) groups is 2. The molecule has 0 saturated carbocycles. The van der Waals surface area contributed by atoms with E-state index in [4.69, 9.17) is 11.6 Å². The van der Waals surface area contributed by atoms with Gasteiger partial charge in [0.25, 0.3) is 0 Å². The van der Waals surface area contributed by atoms with Gasteiger partial charge in [0.05, 0.1) is 0 Å². The second kappa shape index (κ2) is 5.78. The minimum absolute atomic E-state index is 0.00941. The third-order valence-corrected chi connectivity index (χ3v) is 3.88. The quantitative estimate of drug-likeness (QED) is 0.504. The predicted molar refractivity (Wildman–Crippen MR) is 86.1 cm³/mol. The molecule has 1 aromatic heterocycles. The Morgan fingerprint density at radius 3 is 2.43 bits per heavy atom. The molecule has 3 rings (SSSR count). The molecule has 0 aliphatic rings. The summed E-state index contributed by atoms with van der Waals surface area (Å²) in [6.07, 6.45) is 1.51.